The molecule has 0 aliphatic carbocycles. The third-order valence-electron chi connectivity index (χ3n) is 4.50. The van der Waals surface area contributed by atoms with E-state index in [1.54, 1.807) is 18.5 Å². The van der Waals surface area contributed by atoms with Gasteiger partial charge in [0.25, 0.3) is 5.91 Å². The van der Waals surface area contributed by atoms with Crippen molar-refractivity contribution in [1.29, 1.82) is 0 Å². The zero-order valence-corrected chi connectivity index (χ0v) is 14.1. The van der Waals surface area contributed by atoms with Gasteiger partial charge in [-0.1, -0.05) is 19.4 Å². The number of nitrogens with one attached hydrogen (secondary N) is 1. The zero-order chi connectivity index (χ0) is 17.1. The molecule has 0 spiro atoms. The Bertz CT molecular complexity index is 729. The van der Waals surface area contributed by atoms with Gasteiger partial charge in [-0.15, -0.1) is 0 Å². The molecule has 24 heavy (non-hydrogen) atoms. The molecule has 1 aromatic carbocycles. The molecule has 2 aromatic rings. The normalized spacial score (nSPS) is 17.1. The highest BCUT2D eigenvalue weighted by Crippen LogP contribution is 2.23. The fourth-order valence-electron chi connectivity index (χ4n) is 2.92. The Balaban J connectivity index is 1.69. The average molecular weight is 325 g/mol. The molecule has 0 radical (unpaired) electrons. The Morgan fingerprint density at radius 3 is 2.79 bits per heavy atom. The topological polar surface area (TPSA) is 84.1 Å². The molecule has 6 heteroatoms. The number of aromatic nitrogens is 2. The van der Waals surface area contributed by atoms with E-state index in [0.717, 1.165) is 18.7 Å². The highest BCUT2D eigenvalue weighted by Gasteiger charge is 2.23. The van der Waals surface area contributed by atoms with Crippen LogP contribution >= 0.6 is 0 Å². The lowest BCUT2D eigenvalue weighted by Gasteiger charge is -2.16. The monoisotopic (exact) mass is 325 g/mol. The SMILES string of the molecule is CC[C@H]1CCN(c2ncc(C(=O)Nc3cc(C)ccc3N)cn2)C1. The van der Waals surface area contributed by atoms with E-state index in [2.05, 4.69) is 27.1 Å². The molecule has 126 valence electrons. The molecule has 0 unspecified atom stereocenters. The maximum absolute atomic E-state index is 12.3. The molecule has 0 bridgehead atoms. The van der Waals surface area contributed by atoms with E-state index in [4.69, 9.17) is 5.73 Å². The van der Waals surface area contributed by atoms with Gasteiger partial charge in [0, 0.05) is 25.5 Å². The molecule has 1 aliphatic rings. The third kappa shape index (κ3) is 3.48. The fraction of sp³-hybridized carbons (Fsp3) is 0.389. The number of hydrogen-bond acceptors (Lipinski definition) is 5. The van der Waals surface area contributed by atoms with Gasteiger partial charge >= 0.3 is 0 Å². The summed E-state index contributed by atoms with van der Waals surface area (Å²) in [5, 5.41) is 2.81. The van der Waals surface area contributed by atoms with E-state index < -0.39 is 0 Å². The van der Waals surface area contributed by atoms with Gasteiger partial charge < -0.3 is 16.0 Å². The van der Waals surface area contributed by atoms with Crippen LogP contribution in [0.3, 0.4) is 0 Å². The maximum atomic E-state index is 12.3. The minimum absolute atomic E-state index is 0.258. The van der Waals surface area contributed by atoms with Gasteiger partial charge in [-0.05, 0) is 37.0 Å². The van der Waals surface area contributed by atoms with Crippen molar-refractivity contribution in [3.05, 3.63) is 41.7 Å². The number of amides is 1. The summed E-state index contributed by atoms with van der Waals surface area (Å²) in [6.07, 6.45) is 5.50. The van der Waals surface area contributed by atoms with Crippen LogP contribution in [0.1, 0.15) is 35.7 Å². The highest BCUT2D eigenvalue weighted by atomic mass is 16.1. The lowest BCUT2D eigenvalue weighted by Crippen LogP contribution is -2.22. The fourth-order valence-corrected chi connectivity index (χ4v) is 2.92. The molecule has 3 rings (SSSR count). The summed E-state index contributed by atoms with van der Waals surface area (Å²) in [4.78, 5) is 23.2. The first kappa shape index (κ1) is 16.2. The third-order valence-corrected chi connectivity index (χ3v) is 4.50. The van der Waals surface area contributed by atoms with Gasteiger partial charge in [0.2, 0.25) is 5.95 Å². The van der Waals surface area contributed by atoms with Crippen LogP contribution in [0.25, 0.3) is 0 Å². The quantitative estimate of drug-likeness (QED) is 0.845. The van der Waals surface area contributed by atoms with Crippen molar-refractivity contribution in [2.24, 2.45) is 5.92 Å². The van der Waals surface area contributed by atoms with Crippen LogP contribution in [0, 0.1) is 12.8 Å². The number of carbonyl (C=O) groups excluding carboxylic acids is 1. The second-order valence-electron chi connectivity index (χ2n) is 6.33. The average Bonchev–Trinajstić information content (AvgIpc) is 3.07. The molecule has 1 saturated heterocycles. The Morgan fingerprint density at radius 2 is 2.12 bits per heavy atom. The Morgan fingerprint density at radius 1 is 1.38 bits per heavy atom. The van der Waals surface area contributed by atoms with E-state index in [1.807, 2.05) is 19.1 Å². The van der Waals surface area contributed by atoms with E-state index in [1.165, 1.54) is 12.8 Å². The second kappa shape index (κ2) is 6.86. The summed E-state index contributed by atoms with van der Waals surface area (Å²) < 4.78 is 0. The minimum Gasteiger partial charge on any atom is -0.397 e. The van der Waals surface area contributed by atoms with Crippen molar-refractivity contribution in [3.63, 3.8) is 0 Å². The molecule has 2 heterocycles. The number of nitrogen functional groups attached to an aromatic ring is 1. The Hall–Kier alpha value is -2.63. The highest BCUT2D eigenvalue weighted by molar-refractivity contribution is 6.05. The molecule has 1 aliphatic heterocycles. The molecule has 1 aromatic heterocycles. The predicted molar refractivity (Wildman–Crippen MR) is 96.2 cm³/mol. The number of rotatable bonds is 4. The molecule has 1 fully saturated rings. The molecular weight excluding hydrogens is 302 g/mol. The largest absolute Gasteiger partial charge is 0.397 e. The number of aryl methyl sites for hydroxylation is 1. The van der Waals surface area contributed by atoms with E-state index in [0.29, 0.717) is 28.8 Å². The zero-order valence-electron chi connectivity index (χ0n) is 14.1. The molecule has 1 atom stereocenters. The van der Waals surface area contributed by atoms with Crippen molar-refractivity contribution in [2.45, 2.75) is 26.7 Å². The summed E-state index contributed by atoms with van der Waals surface area (Å²) in [5.41, 5.74) is 8.49. The maximum Gasteiger partial charge on any atom is 0.258 e. The summed E-state index contributed by atoms with van der Waals surface area (Å²) in [6, 6.07) is 5.53. The molecular formula is C18H23N5O. The summed E-state index contributed by atoms with van der Waals surface area (Å²) in [5.74, 6) is 1.14. The van der Waals surface area contributed by atoms with Crippen LogP contribution in [0.4, 0.5) is 17.3 Å². The minimum atomic E-state index is -0.258. The van der Waals surface area contributed by atoms with Crippen molar-refractivity contribution >= 4 is 23.2 Å². The van der Waals surface area contributed by atoms with Crippen molar-refractivity contribution in [3.8, 4) is 0 Å². The van der Waals surface area contributed by atoms with Crippen molar-refractivity contribution < 1.29 is 4.79 Å². The van der Waals surface area contributed by atoms with E-state index >= 15 is 0 Å². The Kier molecular flexibility index (Phi) is 4.64. The number of hydrogen-bond donors (Lipinski definition) is 2. The van der Waals surface area contributed by atoms with Gasteiger partial charge in [0.1, 0.15) is 0 Å². The van der Waals surface area contributed by atoms with Crippen molar-refractivity contribution in [2.75, 3.05) is 29.0 Å². The summed E-state index contributed by atoms with van der Waals surface area (Å²) >= 11 is 0. The molecule has 0 saturated carbocycles. The van der Waals surface area contributed by atoms with Gasteiger partial charge in [-0.3, -0.25) is 4.79 Å². The molecule has 1 amide bonds. The summed E-state index contributed by atoms with van der Waals surface area (Å²) in [7, 11) is 0. The lowest BCUT2D eigenvalue weighted by atomic mass is 10.1. The van der Waals surface area contributed by atoms with Crippen LogP contribution in [0.5, 0.6) is 0 Å². The van der Waals surface area contributed by atoms with Gasteiger partial charge in [0.15, 0.2) is 0 Å². The first-order chi connectivity index (χ1) is 11.6. The summed E-state index contributed by atoms with van der Waals surface area (Å²) in [6.45, 7) is 6.12. The van der Waals surface area contributed by atoms with Crippen LogP contribution in [-0.2, 0) is 0 Å². The second-order valence-corrected chi connectivity index (χ2v) is 6.33. The molecule has 6 nitrogen and oxygen atoms in total. The van der Waals surface area contributed by atoms with Crippen LogP contribution < -0.4 is 16.0 Å². The molecule has 3 N–H and O–H groups in total. The first-order valence-electron chi connectivity index (χ1n) is 8.31. The van der Waals surface area contributed by atoms with Crippen LogP contribution in [0.15, 0.2) is 30.6 Å². The number of carbonyl (C=O) groups is 1. The van der Waals surface area contributed by atoms with E-state index in [9.17, 15) is 4.79 Å². The van der Waals surface area contributed by atoms with E-state index in [-0.39, 0.29) is 5.91 Å². The number of anilines is 3. The standard InChI is InChI=1S/C18H23N5O/c1-3-13-6-7-23(11-13)18-20-9-14(10-21-18)17(24)22-16-8-12(2)4-5-15(16)19/h4-5,8-10,13H,3,6-7,11,19H2,1-2H3,(H,22,24)/t13-/m0/s1. The van der Waals surface area contributed by atoms with Crippen molar-refractivity contribution in [1.82, 2.24) is 9.97 Å². The smallest absolute Gasteiger partial charge is 0.258 e. The number of nitrogens with two attached hydrogens (primary N) is 1. The van der Waals surface area contributed by atoms with Gasteiger partial charge in [0.05, 0.1) is 16.9 Å². The number of nitrogens with zero attached hydrogens (tertiary/aromatic N) is 3. The first-order valence-corrected chi connectivity index (χ1v) is 8.31. The van der Waals surface area contributed by atoms with Crippen LogP contribution in [0.2, 0.25) is 0 Å². The lowest BCUT2D eigenvalue weighted by molar-refractivity contribution is 0.102. The van der Waals surface area contributed by atoms with Crippen LogP contribution in [-0.4, -0.2) is 29.0 Å². The number of benzene rings is 1. The van der Waals surface area contributed by atoms with Gasteiger partial charge in [-0.2, -0.15) is 0 Å². The predicted octanol–water partition coefficient (Wildman–Crippen LogP) is 2.86. The van der Waals surface area contributed by atoms with Gasteiger partial charge in [-0.25, -0.2) is 9.97 Å². The Labute approximate surface area is 142 Å².